The van der Waals surface area contributed by atoms with Crippen molar-refractivity contribution in [2.45, 2.75) is 64.0 Å². The fraction of sp³-hybridized carbons (Fsp3) is 0.545. The largest absolute Gasteiger partial charge is 0.389 e. The van der Waals surface area contributed by atoms with E-state index in [2.05, 4.69) is 25.9 Å². The minimum absolute atomic E-state index is 0.104. The maximum absolute atomic E-state index is 12.6. The van der Waals surface area contributed by atoms with Gasteiger partial charge in [-0.15, -0.1) is 0 Å². The summed E-state index contributed by atoms with van der Waals surface area (Å²) in [7, 11) is 0. The van der Waals surface area contributed by atoms with Crippen LogP contribution in [0.3, 0.4) is 0 Å². The lowest BCUT2D eigenvalue weighted by atomic mass is 9.84. The standard InChI is InChI=1S/C22H27ClN6O2/c1-22(2,31)12-27-18(30)9-17-28-16-11-26-21-19(15(23)10-25-21)20(16)29(17)14-5-3-13(4-6-14)7-8-24/h10-11,13-14,31H,3-7,9,12H2,1-2H3,(H,25,26)(H,27,30)/t13-,14-. The van der Waals surface area contributed by atoms with Gasteiger partial charge in [0.1, 0.15) is 17.0 Å². The van der Waals surface area contributed by atoms with Crippen molar-refractivity contribution in [3.05, 3.63) is 23.2 Å². The molecule has 0 atom stereocenters. The predicted octanol–water partition coefficient (Wildman–Crippen LogP) is 3.64. The molecule has 1 saturated carbocycles. The number of halogens is 1. The molecule has 1 aliphatic rings. The lowest BCUT2D eigenvalue weighted by molar-refractivity contribution is -0.121. The van der Waals surface area contributed by atoms with E-state index in [0.717, 1.165) is 36.6 Å². The molecule has 31 heavy (non-hydrogen) atoms. The molecule has 3 N–H and O–H groups in total. The van der Waals surface area contributed by atoms with E-state index in [1.807, 2.05) is 0 Å². The Morgan fingerprint density at radius 2 is 2.16 bits per heavy atom. The molecule has 4 rings (SSSR count). The smallest absolute Gasteiger partial charge is 0.227 e. The monoisotopic (exact) mass is 442 g/mol. The molecule has 1 aliphatic carbocycles. The second-order valence-corrected chi connectivity index (χ2v) is 9.46. The summed E-state index contributed by atoms with van der Waals surface area (Å²) < 4.78 is 2.16. The number of carbonyl (C=O) groups is 1. The van der Waals surface area contributed by atoms with Crippen LogP contribution >= 0.6 is 11.6 Å². The van der Waals surface area contributed by atoms with E-state index >= 15 is 0 Å². The van der Waals surface area contributed by atoms with Gasteiger partial charge in [-0.3, -0.25) is 4.79 Å². The summed E-state index contributed by atoms with van der Waals surface area (Å²) in [5, 5.41) is 23.1. The lowest BCUT2D eigenvalue weighted by Gasteiger charge is -2.30. The molecule has 164 valence electrons. The summed E-state index contributed by atoms with van der Waals surface area (Å²) in [6.07, 6.45) is 7.89. The van der Waals surface area contributed by atoms with E-state index in [1.54, 1.807) is 26.2 Å². The minimum atomic E-state index is -0.982. The number of nitrogens with zero attached hydrogens (tertiary/aromatic N) is 4. The Labute approximate surface area is 185 Å². The van der Waals surface area contributed by atoms with Gasteiger partial charge in [0.2, 0.25) is 5.91 Å². The SMILES string of the molecule is CC(C)(O)CNC(=O)Cc1nc2cnc3[nH]cc(Cl)c3c2n1[C@H]1CC[C@H](CC#N)CC1. The second kappa shape index (κ2) is 8.48. The highest BCUT2D eigenvalue weighted by Gasteiger charge is 2.28. The van der Waals surface area contributed by atoms with Gasteiger partial charge in [-0.05, 0) is 45.4 Å². The molecule has 3 aromatic rings. The normalized spacial score (nSPS) is 19.6. The molecule has 0 aromatic carbocycles. The van der Waals surface area contributed by atoms with Crippen LogP contribution in [0.2, 0.25) is 5.02 Å². The number of hydrogen-bond donors (Lipinski definition) is 3. The Morgan fingerprint density at radius 3 is 2.84 bits per heavy atom. The summed E-state index contributed by atoms with van der Waals surface area (Å²) in [5.41, 5.74) is 1.31. The van der Waals surface area contributed by atoms with E-state index in [0.29, 0.717) is 34.3 Å². The zero-order chi connectivity index (χ0) is 22.2. The van der Waals surface area contributed by atoms with Crippen LogP contribution < -0.4 is 5.32 Å². The maximum atomic E-state index is 12.6. The van der Waals surface area contributed by atoms with Crippen molar-refractivity contribution in [3.63, 3.8) is 0 Å². The van der Waals surface area contributed by atoms with Gasteiger partial charge in [-0.2, -0.15) is 5.26 Å². The number of aromatic nitrogens is 4. The highest BCUT2D eigenvalue weighted by molar-refractivity contribution is 6.37. The van der Waals surface area contributed by atoms with Crippen molar-refractivity contribution < 1.29 is 9.90 Å². The summed E-state index contributed by atoms with van der Waals surface area (Å²) >= 11 is 6.49. The molecular formula is C22H27ClN6O2. The van der Waals surface area contributed by atoms with Crippen molar-refractivity contribution in [2.24, 2.45) is 5.92 Å². The second-order valence-electron chi connectivity index (χ2n) is 9.05. The van der Waals surface area contributed by atoms with E-state index in [-0.39, 0.29) is 24.9 Å². The number of carbonyl (C=O) groups excluding carboxylic acids is 1. The van der Waals surface area contributed by atoms with Crippen molar-refractivity contribution in [3.8, 4) is 6.07 Å². The molecule has 0 spiro atoms. The third-order valence-corrected chi connectivity index (χ3v) is 6.27. The predicted molar refractivity (Wildman–Crippen MR) is 119 cm³/mol. The molecule has 1 fully saturated rings. The van der Waals surface area contributed by atoms with Gasteiger partial charge < -0.3 is 20.0 Å². The van der Waals surface area contributed by atoms with Crippen LogP contribution in [0.1, 0.15) is 57.8 Å². The van der Waals surface area contributed by atoms with Crippen LogP contribution in [0.25, 0.3) is 22.1 Å². The zero-order valence-electron chi connectivity index (χ0n) is 17.8. The van der Waals surface area contributed by atoms with Gasteiger partial charge in [0.05, 0.1) is 40.2 Å². The quantitative estimate of drug-likeness (QED) is 0.538. The summed E-state index contributed by atoms with van der Waals surface area (Å²) in [4.78, 5) is 24.9. The summed E-state index contributed by atoms with van der Waals surface area (Å²) in [5.74, 6) is 0.895. The van der Waals surface area contributed by atoms with E-state index in [4.69, 9.17) is 21.8 Å². The van der Waals surface area contributed by atoms with Crippen molar-refractivity contribution in [2.75, 3.05) is 6.54 Å². The van der Waals surface area contributed by atoms with E-state index < -0.39 is 5.60 Å². The molecule has 0 saturated heterocycles. The van der Waals surface area contributed by atoms with Gasteiger partial charge in [0, 0.05) is 25.2 Å². The van der Waals surface area contributed by atoms with Gasteiger partial charge in [0.15, 0.2) is 0 Å². The molecule has 0 aliphatic heterocycles. The number of H-pyrrole nitrogens is 1. The van der Waals surface area contributed by atoms with E-state index in [9.17, 15) is 9.90 Å². The Balaban J connectivity index is 1.72. The Kier molecular flexibility index (Phi) is 5.91. The number of nitriles is 1. The maximum Gasteiger partial charge on any atom is 0.227 e. The van der Waals surface area contributed by atoms with Gasteiger partial charge in [0.25, 0.3) is 0 Å². The number of aromatic amines is 1. The first kappa shape index (κ1) is 21.6. The Morgan fingerprint density at radius 1 is 1.42 bits per heavy atom. The molecule has 9 heteroatoms. The van der Waals surface area contributed by atoms with Crippen LogP contribution in [0.4, 0.5) is 0 Å². The number of amides is 1. The number of nitrogens with one attached hydrogen (secondary N) is 2. The van der Waals surface area contributed by atoms with Crippen LogP contribution in [-0.4, -0.2) is 42.7 Å². The van der Waals surface area contributed by atoms with Crippen LogP contribution in [0, 0.1) is 17.2 Å². The number of aliphatic hydroxyl groups is 1. The highest BCUT2D eigenvalue weighted by atomic mass is 35.5. The highest BCUT2D eigenvalue weighted by Crippen LogP contribution is 2.39. The first-order chi connectivity index (χ1) is 14.8. The molecule has 0 bridgehead atoms. The van der Waals surface area contributed by atoms with Gasteiger partial charge in [-0.25, -0.2) is 9.97 Å². The fourth-order valence-corrected chi connectivity index (χ4v) is 4.69. The van der Waals surface area contributed by atoms with E-state index in [1.165, 1.54) is 0 Å². The van der Waals surface area contributed by atoms with Crippen LogP contribution in [0.5, 0.6) is 0 Å². The summed E-state index contributed by atoms with van der Waals surface area (Å²) in [6.45, 7) is 3.47. The third kappa shape index (κ3) is 4.53. The third-order valence-electron chi connectivity index (χ3n) is 5.97. The number of fused-ring (bicyclic) bond motifs is 3. The van der Waals surface area contributed by atoms with Crippen LogP contribution in [0.15, 0.2) is 12.4 Å². The van der Waals surface area contributed by atoms with Gasteiger partial charge >= 0.3 is 0 Å². The molecule has 1 amide bonds. The molecule has 0 radical (unpaired) electrons. The fourth-order valence-electron chi connectivity index (χ4n) is 4.45. The summed E-state index contributed by atoms with van der Waals surface area (Å²) in [6, 6.07) is 2.46. The molecule has 3 heterocycles. The van der Waals surface area contributed by atoms with Crippen LogP contribution in [-0.2, 0) is 11.2 Å². The molecular weight excluding hydrogens is 416 g/mol. The number of rotatable bonds is 6. The average Bonchev–Trinajstić information content (AvgIpc) is 3.27. The Hall–Kier alpha value is -2.63. The van der Waals surface area contributed by atoms with Crippen molar-refractivity contribution in [1.82, 2.24) is 24.8 Å². The Bertz CT molecular complexity index is 1140. The minimum Gasteiger partial charge on any atom is -0.389 e. The van der Waals surface area contributed by atoms with Crippen molar-refractivity contribution >= 4 is 39.6 Å². The number of hydrogen-bond acceptors (Lipinski definition) is 5. The lowest BCUT2D eigenvalue weighted by Crippen LogP contribution is -2.39. The number of pyridine rings is 1. The van der Waals surface area contributed by atoms with Gasteiger partial charge in [-0.1, -0.05) is 11.6 Å². The zero-order valence-corrected chi connectivity index (χ0v) is 18.5. The average molecular weight is 443 g/mol. The molecule has 3 aromatic heterocycles. The first-order valence-electron chi connectivity index (χ1n) is 10.6. The van der Waals surface area contributed by atoms with Crippen molar-refractivity contribution in [1.29, 1.82) is 5.26 Å². The molecule has 8 nitrogen and oxygen atoms in total. The molecule has 0 unspecified atom stereocenters. The first-order valence-corrected chi connectivity index (χ1v) is 11.0. The topological polar surface area (TPSA) is 120 Å². The number of imidazole rings is 1.